The average Bonchev–Trinajstić information content (AvgIpc) is 3.21. The predicted octanol–water partition coefficient (Wildman–Crippen LogP) is 3.47. The maximum Gasteiger partial charge on any atom is 0.280 e. The number of hydrogen-bond acceptors (Lipinski definition) is 6. The van der Waals surface area contributed by atoms with Crippen LogP contribution in [0.4, 0.5) is 11.5 Å². The molecule has 1 saturated heterocycles. The van der Waals surface area contributed by atoms with Crippen molar-refractivity contribution in [3.63, 3.8) is 0 Å². The summed E-state index contributed by atoms with van der Waals surface area (Å²) in [7, 11) is -3.82. The number of nitrogens with two attached hydrogens (primary N) is 1. The molecule has 2 heterocycles. The second-order valence-corrected chi connectivity index (χ2v) is 10.3. The monoisotopic (exact) mass is 495 g/mol. The molecule has 0 aliphatic carbocycles. The van der Waals surface area contributed by atoms with Crippen LogP contribution in [0.5, 0.6) is 0 Å². The van der Waals surface area contributed by atoms with Gasteiger partial charge >= 0.3 is 0 Å². The molecule has 5 rings (SSSR count). The van der Waals surface area contributed by atoms with E-state index < -0.39 is 15.9 Å². The zero-order chi connectivity index (χ0) is 23.9. The normalized spacial score (nSPS) is 15.0. The summed E-state index contributed by atoms with van der Waals surface area (Å²) in [6.07, 6.45) is 0. The van der Waals surface area contributed by atoms with Crippen molar-refractivity contribution < 1.29 is 13.2 Å². The number of piperazine rings is 1. The Labute approximate surface area is 202 Å². The smallest absolute Gasteiger partial charge is 0.280 e. The van der Waals surface area contributed by atoms with E-state index in [1.807, 2.05) is 30.3 Å². The molecule has 1 aliphatic heterocycles. The van der Waals surface area contributed by atoms with Crippen molar-refractivity contribution >= 4 is 49.9 Å². The molecule has 0 amide bonds. The highest BCUT2D eigenvalue weighted by molar-refractivity contribution is 7.89. The molecular weight excluding hydrogens is 474 g/mol. The van der Waals surface area contributed by atoms with Crippen LogP contribution in [-0.4, -0.2) is 54.6 Å². The zero-order valence-corrected chi connectivity index (χ0v) is 19.7. The number of para-hydroxylation sites is 2. The van der Waals surface area contributed by atoms with Crippen molar-refractivity contribution in [1.82, 2.24) is 14.1 Å². The molecule has 4 aromatic rings. The Morgan fingerprint density at radius 3 is 2.32 bits per heavy atom. The molecule has 0 atom stereocenters. The number of hydrogen-bond donors (Lipinski definition) is 1. The van der Waals surface area contributed by atoms with Gasteiger partial charge in [-0.3, -0.25) is 4.79 Å². The summed E-state index contributed by atoms with van der Waals surface area (Å²) in [6.45, 7) is 1.81. The molecule has 1 fully saturated rings. The first-order valence-electron chi connectivity index (χ1n) is 10.7. The molecule has 174 valence electrons. The largest absolute Gasteiger partial charge is 0.382 e. The molecule has 3 aromatic carbocycles. The number of fused-ring (bicyclic) bond motifs is 1. The van der Waals surface area contributed by atoms with Gasteiger partial charge in [0, 0.05) is 37.3 Å². The van der Waals surface area contributed by atoms with Gasteiger partial charge < -0.3 is 10.6 Å². The summed E-state index contributed by atoms with van der Waals surface area (Å²) < 4.78 is 29.3. The van der Waals surface area contributed by atoms with Crippen molar-refractivity contribution in [2.45, 2.75) is 4.90 Å². The fourth-order valence-corrected chi connectivity index (χ4v) is 5.81. The lowest BCUT2D eigenvalue weighted by Gasteiger charge is -2.35. The number of rotatable bonds is 4. The summed E-state index contributed by atoms with van der Waals surface area (Å²) in [5, 5.41) is 4.91. The fraction of sp³-hybridized carbons (Fsp3) is 0.167. The Bertz CT molecular complexity index is 1480. The number of benzene rings is 3. The number of nitrogen functional groups attached to an aromatic ring is 1. The highest BCUT2D eigenvalue weighted by Gasteiger charge is 2.30. The molecule has 0 spiro atoms. The third-order valence-corrected chi connectivity index (χ3v) is 8.20. The van der Waals surface area contributed by atoms with Gasteiger partial charge in [-0.15, -0.1) is 5.10 Å². The van der Waals surface area contributed by atoms with Crippen LogP contribution in [0.1, 0.15) is 10.4 Å². The van der Waals surface area contributed by atoms with Gasteiger partial charge in [0.05, 0.1) is 21.0 Å². The summed E-state index contributed by atoms with van der Waals surface area (Å²) in [5.74, 6) is -0.344. The molecule has 0 bridgehead atoms. The Morgan fingerprint density at radius 1 is 0.912 bits per heavy atom. The number of carbonyl (C=O) groups is 1. The number of nitrogens with zero attached hydrogens (tertiary/aromatic N) is 4. The summed E-state index contributed by atoms with van der Waals surface area (Å²) in [6, 6.07) is 21.1. The van der Waals surface area contributed by atoms with E-state index in [2.05, 4.69) is 10.00 Å². The van der Waals surface area contributed by atoms with Crippen LogP contribution < -0.4 is 10.6 Å². The molecular formula is C24H22ClN5O3S. The van der Waals surface area contributed by atoms with Crippen molar-refractivity contribution in [2.24, 2.45) is 0 Å². The average molecular weight is 496 g/mol. The summed E-state index contributed by atoms with van der Waals surface area (Å²) >= 11 is 6.31. The summed E-state index contributed by atoms with van der Waals surface area (Å²) in [4.78, 5) is 15.5. The predicted molar refractivity (Wildman–Crippen MR) is 133 cm³/mol. The van der Waals surface area contributed by atoms with Crippen LogP contribution in [0.15, 0.2) is 77.7 Å². The quantitative estimate of drug-likeness (QED) is 0.465. The van der Waals surface area contributed by atoms with Crippen LogP contribution in [0, 0.1) is 0 Å². The van der Waals surface area contributed by atoms with Crippen molar-refractivity contribution in [2.75, 3.05) is 36.8 Å². The Balaban J connectivity index is 1.42. The topological polar surface area (TPSA) is 102 Å². The first-order chi connectivity index (χ1) is 16.4. The van der Waals surface area contributed by atoms with E-state index in [1.165, 1.54) is 22.5 Å². The number of anilines is 2. The lowest BCUT2D eigenvalue weighted by Crippen LogP contribution is -2.48. The van der Waals surface area contributed by atoms with E-state index in [-0.39, 0.29) is 21.3 Å². The zero-order valence-electron chi connectivity index (χ0n) is 18.1. The molecule has 10 heteroatoms. The molecule has 1 aliphatic rings. The molecule has 2 N–H and O–H groups in total. The SMILES string of the molecule is Nc1nn(C(=O)c2cc(S(=O)(=O)N3CCN(c4ccccc4)CC3)ccc2Cl)c2ccccc12. The second-order valence-electron chi connectivity index (χ2n) is 7.99. The highest BCUT2D eigenvalue weighted by Crippen LogP contribution is 2.27. The van der Waals surface area contributed by atoms with Crippen molar-refractivity contribution in [3.05, 3.63) is 83.4 Å². The Morgan fingerprint density at radius 2 is 1.59 bits per heavy atom. The lowest BCUT2D eigenvalue weighted by atomic mass is 10.2. The first-order valence-corrected chi connectivity index (χ1v) is 12.6. The van der Waals surface area contributed by atoms with E-state index in [1.54, 1.807) is 24.3 Å². The third kappa shape index (κ3) is 3.91. The molecule has 0 unspecified atom stereocenters. The minimum atomic E-state index is -3.82. The first kappa shape index (κ1) is 22.4. The number of carbonyl (C=O) groups excluding carboxylic acids is 1. The van der Waals surface area contributed by atoms with E-state index in [9.17, 15) is 13.2 Å². The van der Waals surface area contributed by atoms with E-state index in [0.29, 0.717) is 37.1 Å². The summed E-state index contributed by atoms with van der Waals surface area (Å²) in [5.41, 5.74) is 7.58. The van der Waals surface area contributed by atoms with E-state index in [4.69, 9.17) is 17.3 Å². The van der Waals surface area contributed by atoms with Gasteiger partial charge in [0.15, 0.2) is 5.82 Å². The number of halogens is 1. The van der Waals surface area contributed by atoms with Crippen LogP contribution in [0.2, 0.25) is 5.02 Å². The van der Waals surface area contributed by atoms with Gasteiger partial charge in [-0.05, 0) is 42.5 Å². The minimum absolute atomic E-state index is 0.0119. The maximum atomic E-state index is 13.4. The fourth-order valence-electron chi connectivity index (χ4n) is 4.16. The van der Waals surface area contributed by atoms with E-state index >= 15 is 0 Å². The van der Waals surface area contributed by atoms with Gasteiger partial charge in [0.2, 0.25) is 10.0 Å². The van der Waals surface area contributed by atoms with Crippen LogP contribution in [0.3, 0.4) is 0 Å². The van der Waals surface area contributed by atoms with Crippen LogP contribution in [-0.2, 0) is 10.0 Å². The highest BCUT2D eigenvalue weighted by atomic mass is 35.5. The van der Waals surface area contributed by atoms with Crippen molar-refractivity contribution in [1.29, 1.82) is 0 Å². The molecule has 8 nitrogen and oxygen atoms in total. The standard InChI is InChI=1S/C24H22ClN5O3S/c25-21-11-10-18(16-20(21)24(31)30-22-9-5-4-8-19(22)23(26)27-30)34(32,33)29-14-12-28(13-15-29)17-6-2-1-3-7-17/h1-11,16H,12-15H2,(H2,26,27). The number of aromatic nitrogens is 2. The third-order valence-electron chi connectivity index (χ3n) is 5.97. The molecule has 1 aromatic heterocycles. The molecule has 0 radical (unpaired) electrons. The second kappa shape index (κ2) is 8.75. The van der Waals surface area contributed by atoms with Gasteiger partial charge in [-0.25, -0.2) is 8.42 Å². The Kier molecular flexibility index (Phi) is 5.76. The van der Waals surface area contributed by atoms with E-state index in [0.717, 1.165) is 10.4 Å². The lowest BCUT2D eigenvalue weighted by molar-refractivity contribution is 0.0950. The van der Waals surface area contributed by atoms with Gasteiger partial charge in [-0.2, -0.15) is 8.99 Å². The number of sulfonamides is 1. The van der Waals surface area contributed by atoms with Crippen LogP contribution in [0.25, 0.3) is 10.9 Å². The van der Waals surface area contributed by atoms with Gasteiger partial charge in [0.25, 0.3) is 5.91 Å². The maximum absolute atomic E-state index is 13.4. The van der Waals surface area contributed by atoms with Gasteiger partial charge in [-0.1, -0.05) is 41.9 Å². The molecule has 34 heavy (non-hydrogen) atoms. The molecule has 0 saturated carbocycles. The Hall–Kier alpha value is -3.40. The van der Waals surface area contributed by atoms with Crippen molar-refractivity contribution in [3.8, 4) is 0 Å². The van der Waals surface area contributed by atoms with Gasteiger partial charge in [0.1, 0.15) is 0 Å². The van der Waals surface area contributed by atoms with Crippen LogP contribution >= 0.6 is 11.6 Å². The minimum Gasteiger partial charge on any atom is -0.382 e.